The van der Waals surface area contributed by atoms with Gasteiger partial charge in [-0.25, -0.2) is 14.1 Å². The quantitative estimate of drug-likeness (QED) is 0.473. The van der Waals surface area contributed by atoms with Crippen LogP contribution in [-0.2, 0) is 16.2 Å². The van der Waals surface area contributed by atoms with Crippen molar-refractivity contribution in [1.29, 1.82) is 0 Å². The number of imide groups is 2. The Morgan fingerprint density at radius 3 is 2.31 bits per heavy atom. The van der Waals surface area contributed by atoms with E-state index in [9.17, 15) is 23.9 Å². The summed E-state index contributed by atoms with van der Waals surface area (Å²) in [6.07, 6.45) is 1.36. The first kappa shape index (κ1) is 20.8. The van der Waals surface area contributed by atoms with Crippen molar-refractivity contribution >= 4 is 29.6 Å². The normalized spacial score (nSPS) is 15.1. The van der Waals surface area contributed by atoms with Gasteiger partial charge in [-0.3, -0.25) is 14.9 Å². The van der Waals surface area contributed by atoms with Gasteiger partial charge < -0.3 is 9.84 Å². The summed E-state index contributed by atoms with van der Waals surface area (Å²) in [5.74, 6) is -1.50. The predicted octanol–water partition coefficient (Wildman–Crippen LogP) is 3.78. The van der Waals surface area contributed by atoms with Crippen LogP contribution in [0.25, 0.3) is 6.08 Å². The summed E-state index contributed by atoms with van der Waals surface area (Å²) in [6.45, 7) is 0.0533. The molecule has 0 bridgehead atoms. The number of hydrogen-bond acceptors (Lipinski definition) is 5. The van der Waals surface area contributed by atoms with Crippen LogP contribution in [0.1, 0.15) is 11.1 Å². The number of urea groups is 1. The van der Waals surface area contributed by atoms with E-state index in [-0.39, 0.29) is 29.4 Å². The number of benzene rings is 3. The fourth-order valence-electron chi connectivity index (χ4n) is 3.10. The molecule has 8 heteroatoms. The third-order valence-electron chi connectivity index (χ3n) is 4.75. The number of hydrogen-bond donors (Lipinski definition) is 2. The van der Waals surface area contributed by atoms with E-state index in [1.165, 1.54) is 36.4 Å². The molecule has 0 aliphatic carbocycles. The zero-order valence-electron chi connectivity index (χ0n) is 16.6. The number of rotatable bonds is 5. The molecule has 4 amide bonds. The van der Waals surface area contributed by atoms with Gasteiger partial charge in [0, 0.05) is 5.56 Å². The van der Waals surface area contributed by atoms with Gasteiger partial charge in [0.25, 0.3) is 11.8 Å². The SMILES string of the molecule is O=C1NC(=O)N(c2ccc(O)cc2)C(=O)/C1=C/c1ccc(OCc2ccccc2F)cc1. The third-order valence-corrected chi connectivity index (χ3v) is 4.75. The molecule has 1 heterocycles. The average molecular weight is 432 g/mol. The van der Waals surface area contributed by atoms with E-state index >= 15 is 0 Å². The van der Waals surface area contributed by atoms with Crippen LogP contribution in [0.3, 0.4) is 0 Å². The molecule has 0 spiro atoms. The monoisotopic (exact) mass is 432 g/mol. The van der Waals surface area contributed by atoms with Gasteiger partial charge in [0.05, 0.1) is 5.69 Å². The lowest BCUT2D eigenvalue weighted by Crippen LogP contribution is -2.54. The molecule has 32 heavy (non-hydrogen) atoms. The summed E-state index contributed by atoms with van der Waals surface area (Å²) in [5, 5.41) is 11.6. The van der Waals surface area contributed by atoms with Crippen LogP contribution >= 0.6 is 0 Å². The molecule has 4 rings (SSSR count). The first-order valence-corrected chi connectivity index (χ1v) is 9.59. The van der Waals surface area contributed by atoms with E-state index in [1.54, 1.807) is 42.5 Å². The summed E-state index contributed by atoms with van der Waals surface area (Å²) in [6, 6.07) is 17.4. The van der Waals surface area contributed by atoms with Crippen molar-refractivity contribution < 1.29 is 28.6 Å². The Kier molecular flexibility index (Phi) is 5.67. The van der Waals surface area contributed by atoms with Crippen LogP contribution in [-0.4, -0.2) is 23.0 Å². The summed E-state index contributed by atoms with van der Waals surface area (Å²) in [7, 11) is 0. The highest BCUT2D eigenvalue weighted by Gasteiger charge is 2.36. The predicted molar refractivity (Wildman–Crippen MR) is 114 cm³/mol. The van der Waals surface area contributed by atoms with Crippen molar-refractivity contribution in [3.63, 3.8) is 0 Å². The second-order valence-corrected chi connectivity index (χ2v) is 6.92. The number of phenols is 1. The maximum absolute atomic E-state index is 13.7. The van der Waals surface area contributed by atoms with Crippen molar-refractivity contribution in [2.75, 3.05) is 4.90 Å². The van der Waals surface area contributed by atoms with E-state index in [4.69, 9.17) is 4.74 Å². The molecule has 3 aromatic carbocycles. The van der Waals surface area contributed by atoms with Crippen molar-refractivity contribution in [3.05, 3.63) is 95.3 Å². The van der Waals surface area contributed by atoms with Gasteiger partial charge in [-0.2, -0.15) is 0 Å². The number of ether oxygens (including phenoxy) is 1. The Hall–Kier alpha value is -4.46. The molecule has 0 atom stereocenters. The minimum Gasteiger partial charge on any atom is -0.508 e. The molecule has 3 aromatic rings. The Morgan fingerprint density at radius 2 is 1.62 bits per heavy atom. The molecule has 2 N–H and O–H groups in total. The number of carbonyl (C=O) groups excluding carboxylic acids is 3. The molecule has 0 unspecified atom stereocenters. The van der Waals surface area contributed by atoms with Crippen LogP contribution in [0, 0.1) is 5.82 Å². The Labute approximate surface area is 182 Å². The smallest absolute Gasteiger partial charge is 0.335 e. The van der Waals surface area contributed by atoms with Gasteiger partial charge in [0.15, 0.2) is 0 Å². The van der Waals surface area contributed by atoms with E-state index in [0.29, 0.717) is 16.9 Å². The minimum atomic E-state index is -0.875. The molecule has 7 nitrogen and oxygen atoms in total. The topological polar surface area (TPSA) is 95.9 Å². The molecule has 1 aliphatic rings. The minimum absolute atomic E-state index is 0.0252. The molecule has 1 fully saturated rings. The Balaban J connectivity index is 1.52. The van der Waals surface area contributed by atoms with E-state index in [2.05, 4.69) is 5.32 Å². The van der Waals surface area contributed by atoms with Crippen molar-refractivity contribution in [2.45, 2.75) is 6.61 Å². The average Bonchev–Trinajstić information content (AvgIpc) is 2.78. The van der Waals surface area contributed by atoms with Crippen molar-refractivity contribution in [2.24, 2.45) is 0 Å². The number of halogens is 1. The molecule has 1 aliphatic heterocycles. The standard InChI is InChI=1S/C24H17FN2O5/c25-21-4-2-1-3-16(21)14-32-19-11-5-15(6-12-19)13-20-22(29)26-24(31)27(23(20)30)17-7-9-18(28)10-8-17/h1-13,28H,14H2,(H,26,29,31)/b20-13+. The molecule has 0 radical (unpaired) electrons. The summed E-state index contributed by atoms with van der Waals surface area (Å²) >= 11 is 0. The zero-order chi connectivity index (χ0) is 22.7. The zero-order valence-corrected chi connectivity index (χ0v) is 16.6. The molecular weight excluding hydrogens is 415 g/mol. The van der Waals surface area contributed by atoms with E-state index in [1.807, 2.05) is 0 Å². The Morgan fingerprint density at radius 1 is 0.938 bits per heavy atom. The van der Waals surface area contributed by atoms with Gasteiger partial charge in [0.2, 0.25) is 0 Å². The maximum Gasteiger partial charge on any atom is 0.335 e. The number of barbiturate groups is 1. The van der Waals surface area contributed by atoms with Gasteiger partial charge in [-0.05, 0) is 54.1 Å². The van der Waals surface area contributed by atoms with Crippen LogP contribution in [0.15, 0.2) is 78.4 Å². The fraction of sp³-hybridized carbons (Fsp3) is 0.0417. The number of phenolic OH excluding ortho intramolecular Hbond substituents is 1. The van der Waals surface area contributed by atoms with E-state index < -0.39 is 17.8 Å². The summed E-state index contributed by atoms with van der Waals surface area (Å²) in [4.78, 5) is 38.1. The van der Waals surface area contributed by atoms with Crippen LogP contribution in [0.5, 0.6) is 11.5 Å². The van der Waals surface area contributed by atoms with Gasteiger partial charge in [0.1, 0.15) is 29.5 Å². The molecule has 160 valence electrons. The lowest BCUT2D eigenvalue weighted by molar-refractivity contribution is -0.122. The highest BCUT2D eigenvalue weighted by molar-refractivity contribution is 6.39. The summed E-state index contributed by atoms with van der Waals surface area (Å²) < 4.78 is 19.3. The molecule has 0 saturated carbocycles. The maximum atomic E-state index is 13.7. The largest absolute Gasteiger partial charge is 0.508 e. The highest BCUT2D eigenvalue weighted by Crippen LogP contribution is 2.24. The van der Waals surface area contributed by atoms with Gasteiger partial charge >= 0.3 is 6.03 Å². The molecular formula is C24H17FN2O5. The number of carbonyl (C=O) groups is 3. The van der Waals surface area contributed by atoms with Crippen LogP contribution in [0.2, 0.25) is 0 Å². The molecule has 0 aromatic heterocycles. The van der Waals surface area contributed by atoms with Gasteiger partial charge in [-0.15, -0.1) is 0 Å². The number of amides is 4. The summed E-state index contributed by atoms with van der Waals surface area (Å²) in [5.41, 5.74) is 0.933. The first-order valence-electron chi connectivity index (χ1n) is 9.59. The Bertz CT molecular complexity index is 1220. The first-order chi connectivity index (χ1) is 15.4. The van der Waals surface area contributed by atoms with E-state index in [0.717, 1.165) is 4.90 Å². The molecule has 1 saturated heterocycles. The second kappa shape index (κ2) is 8.73. The number of aromatic hydroxyl groups is 1. The lowest BCUT2D eigenvalue weighted by Gasteiger charge is -2.26. The fourth-order valence-corrected chi connectivity index (χ4v) is 3.10. The lowest BCUT2D eigenvalue weighted by atomic mass is 10.1. The van der Waals surface area contributed by atoms with Crippen molar-refractivity contribution in [3.8, 4) is 11.5 Å². The number of nitrogens with one attached hydrogen (secondary N) is 1. The van der Waals surface area contributed by atoms with Crippen molar-refractivity contribution in [1.82, 2.24) is 5.32 Å². The van der Waals surface area contributed by atoms with Gasteiger partial charge in [-0.1, -0.05) is 30.3 Å². The number of nitrogens with zero attached hydrogens (tertiary/aromatic N) is 1. The highest BCUT2D eigenvalue weighted by atomic mass is 19.1. The second-order valence-electron chi connectivity index (χ2n) is 6.92. The van der Waals surface area contributed by atoms with Crippen LogP contribution < -0.4 is 15.0 Å². The van der Waals surface area contributed by atoms with Crippen LogP contribution in [0.4, 0.5) is 14.9 Å². The third kappa shape index (κ3) is 4.34. The number of anilines is 1.